The zero-order valence-corrected chi connectivity index (χ0v) is 28.0. The Morgan fingerprint density at radius 1 is 0.804 bits per heavy atom. The Morgan fingerprint density at radius 3 is 1.93 bits per heavy atom. The van der Waals surface area contributed by atoms with Crippen molar-refractivity contribution in [3.63, 3.8) is 0 Å². The zero-order chi connectivity index (χ0) is 33.3. The number of nitrogens with zero attached hydrogens (tertiary/aromatic N) is 2. The summed E-state index contributed by atoms with van der Waals surface area (Å²) >= 11 is 0. The molecule has 1 N–H and O–H groups in total. The van der Waals surface area contributed by atoms with Crippen LogP contribution >= 0.6 is 0 Å². The summed E-state index contributed by atoms with van der Waals surface area (Å²) in [5.74, 6) is -0.248. The number of carbonyl (C=O) groups excluding carboxylic acids is 2. The van der Waals surface area contributed by atoms with E-state index in [0.29, 0.717) is 18.0 Å². The van der Waals surface area contributed by atoms with Crippen LogP contribution in [0.5, 0.6) is 5.75 Å². The van der Waals surface area contributed by atoms with Gasteiger partial charge in [0.1, 0.15) is 24.9 Å². The van der Waals surface area contributed by atoms with Gasteiger partial charge >= 0.3 is 0 Å². The van der Waals surface area contributed by atoms with Gasteiger partial charge in [-0.2, -0.15) is 0 Å². The lowest BCUT2D eigenvalue weighted by molar-refractivity contribution is -0.140. The van der Waals surface area contributed by atoms with Crippen LogP contribution in [0.25, 0.3) is 0 Å². The van der Waals surface area contributed by atoms with Crippen LogP contribution < -0.4 is 14.4 Å². The first-order valence-electron chi connectivity index (χ1n) is 15.2. The lowest BCUT2D eigenvalue weighted by Gasteiger charge is -2.35. The van der Waals surface area contributed by atoms with E-state index in [-0.39, 0.29) is 18.9 Å². The lowest BCUT2D eigenvalue weighted by atomic mass is 10.00. The minimum absolute atomic E-state index is 0.129. The minimum Gasteiger partial charge on any atom is -0.489 e. The Kier molecular flexibility index (Phi) is 11.2. The molecule has 0 radical (unpaired) electrons. The SMILES string of the molecule is Cc1ccccc1CN(C(=O)CN(c1ccc(OCc2ccccc2)cc1)S(C)(=O)=O)[C@H](Cc1ccccc1)C(=O)NC(C)(C)C. The molecule has 4 rings (SSSR count). The van der Waals surface area contributed by atoms with E-state index < -0.39 is 34.1 Å². The largest absolute Gasteiger partial charge is 0.489 e. The molecule has 0 aliphatic heterocycles. The molecule has 9 heteroatoms. The van der Waals surface area contributed by atoms with Crippen molar-refractivity contribution in [3.8, 4) is 5.75 Å². The fourth-order valence-corrected chi connectivity index (χ4v) is 5.89. The molecule has 46 heavy (non-hydrogen) atoms. The molecule has 8 nitrogen and oxygen atoms in total. The third-order valence-corrected chi connectivity index (χ3v) is 8.56. The number of aryl methyl sites for hydroxylation is 1. The third kappa shape index (κ3) is 9.94. The summed E-state index contributed by atoms with van der Waals surface area (Å²) in [5.41, 5.74) is 3.48. The number of rotatable bonds is 13. The number of hydrogen-bond donors (Lipinski definition) is 1. The normalized spacial score (nSPS) is 12.2. The predicted molar refractivity (Wildman–Crippen MR) is 183 cm³/mol. The average molecular weight is 642 g/mol. The van der Waals surface area contributed by atoms with Crippen LogP contribution in [0.4, 0.5) is 5.69 Å². The molecule has 4 aromatic rings. The highest BCUT2D eigenvalue weighted by atomic mass is 32.2. The smallest absolute Gasteiger partial charge is 0.244 e. The third-order valence-electron chi connectivity index (χ3n) is 7.42. The van der Waals surface area contributed by atoms with Gasteiger partial charge in [-0.25, -0.2) is 8.42 Å². The fraction of sp³-hybridized carbons (Fsp3) is 0.297. The van der Waals surface area contributed by atoms with Gasteiger partial charge in [-0.05, 0) is 74.2 Å². The first kappa shape index (κ1) is 34.2. The number of hydrogen-bond acceptors (Lipinski definition) is 5. The standard InChI is InChI=1S/C37H43N3O5S/c1-28-14-12-13-19-31(28)25-39(34(36(42)38-37(2,3)4)24-29-15-8-6-9-16-29)35(41)26-40(46(5,43)44)32-20-22-33(23-21-32)45-27-30-17-10-7-11-18-30/h6-23,34H,24-27H2,1-5H3,(H,38,42)/t34-/m1/s1. The van der Waals surface area contributed by atoms with E-state index >= 15 is 0 Å². The van der Waals surface area contributed by atoms with E-state index in [9.17, 15) is 18.0 Å². The maximum Gasteiger partial charge on any atom is 0.244 e. The van der Waals surface area contributed by atoms with Gasteiger partial charge in [-0.15, -0.1) is 0 Å². The van der Waals surface area contributed by atoms with Crippen molar-refractivity contribution in [1.82, 2.24) is 10.2 Å². The monoisotopic (exact) mass is 641 g/mol. The minimum atomic E-state index is -3.88. The van der Waals surface area contributed by atoms with Crippen LogP contribution in [0.1, 0.15) is 43.0 Å². The van der Waals surface area contributed by atoms with Gasteiger partial charge in [-0.1, -0.05) is 84.9 Å². The Bertz CT molecular complexity index is 1700. The zero-order valence-electron chi connectivity index (χ0n) is 27.1. The molecular weight excluding hydrogens is 598 g/mol. The maximum absolute atomic E-state index is 14.3. The second-order valence-corrected chi connectivity index (χ2v) is 14.3. The number of sulfonamides is 1. The van der Waals surface area contributed by atoms with Crippen molar-refractivity contribution >= 4 is 27.5 Å². The fourth-order valence-electron chi connectivity index (χ4n) is 5.04. The van der Waals surface area contributed by atoms with Crippen molar-refractivity contribution in [2.75, 3.05) is 17.1 Å². The second-order valence-electron chi connectivity index (χ2n) is 12.4. The molecule has 1 atom stereocenters. The Hall–Kier alpha value is -4.63. The highest BCUT2D eigenvalue weighted by Gasteiger charge is 2.34. The Labute approximate surface area is 273 Å². The topological polar surface area (TPSA) is 96.0 Å². The van der Waals surface area contributed by atoms with Gasteiger partial charge in [0.05, 0.1) is 11.9 Å². The van der Waals surface area contributed by atoms with Crippen molar-refractivity contribution < 1.29 is 22.7 Å². The van der Waals surface area contributed by atoms with Gasteiger partial charge in [0.2, 0.25) is 21.8 Å². The molecule has 0 aliphatic rings. The molecule has 0 bridgehead atoms. The average Bonchev–Trinajstić information content (AvgIpc) is 3.01. The van der Waals surface area contributed by atoms with Gasteiger partial charge < -0.3 is 15.0 Å². The highest BCUT2D eigenvalue weighted by molar-refractivity contribution is 7.92. The summed E-state index contributed by atoms with van der Waals surface area (Å²) < 4.78 is 33.2. The first-order chi connectivity index (χ1) is 21.8. The molecule has 0 saturated carbocycles. The summed E-state index contributed by atoms with van der Waals surface area (Å²) in [7, 11) is -3.88. The second kappa shape index (κ2) is 15.1. The van der Waals surface area contributed by atoms with Crippen molar-refractivity contribution in [3.05, 3.63) is 131 Å². The summed E-state index contributed by atoms with van der Waals surface area (Å²) in [6.45, 7) is 7.61. The number of carbonyl (C=O) groups is 2. The van der Waals surface area contributed by atoms with Crippen LogP contribution in [-0.4, -0.2) is 49.5 Å². The maximum atomic E-state index is 14.3. The molecule has 242 valence electrons. The molecule has 0 saturated heterocycles. The molecular formula is C37H43N3O5S. The van der Waals surface area contributed by atoms with E-state index in [0.717, 1.165) is 32.8 Å². The number of ether oxygens (including phenoxy) is 1. The summed E-state index contributed by atoms with van der Waals surface area (Å²) in [6.07, 6.45) is 1.33. The van der Waals surface area contributed by atoms with Crippen LogP contribution in [0, 0.1) is 6.92 Å². The van der Waals surface area contributed by atoms with Crippen LogP contribution in [-0.2, 0) is 39.2 Å². The highest BCUT2D eigenvalue weighted by Crippen LogP contribution is 2.24. The van der Waals surface area contributed by atoms with E-state index in [2.05, 4.69) is 5.32 Å². The Balaban J connectivity index is 1.66. The lowest BCUT2D eigenvalue weighted by Crippen LogP contribution is -2.56. The number of amides is 2. The summed E-state index contributed by atoms with van der Waals surface area (Å²) in [4.78, 5) is 29.7. The summed E-state index contributed by atoms with van der Waals surface area (Å²) in [5, 5.41) is 3.04. The van der Waals surface area contributed by atoms with Gasteiger partial charge in [0, 0.05) is 18.5 Å². The van der Waals surface area contributed by atoms with Gasteiger partial charge in [0.25, 0.3) is 0 Å². The van der Waals surface area contributed by atoms with E-state index in [1.54, 1.807) is 24.3 Å². The van der Waals surface area contributed by atoms with E-state index in [1.165, 1.54) is 4.90 Å². The number of anilines is 1. The Morgan fingerprint density at radius 2 is 1.37 bits per heavy atom. The molecule has 0 unspecified atom stereocenters. The van der Waals surface area contributed by atoms with Crippen LogP contribution in [0.2, 0.25) is 0 Å². The van der Waals surface area contributed by atoms with E-state index in [4.69, 9.17) is 4.74 Å². The van der Waals surface area contributed by atoms with E-state index in [1.807, 2.05) is 113 Å². The molecule has 0 spiro atoms. The number of nitrogens with one attached hydrogen (secondary N) is 1. The van der Waals surface area contributed by atoms with Gasteiger partial charge in [0.15, 0.2) is 0 Å². The number of benzene rings is 4. The molecule has 0 heterocycles. The van der Waals surface area contributed by atoms with Gasteiger partial charge in [-0.3, -0.25) is 13.9 Å². The molecule has 4 aromatic carbocycles. The molecule has 0 fully saturated rings. The quantitative estimate of drug-likeness (QED) is 0.196. The summed E-state index contributed by atoms with van der Waals surface area (Å²) in [6, 6.07) is 32.6. The molecule has 2 amide bonds. The van der Waals surface area contributed by atoms with Crippen LogP contribution in [0.15, 0.2) is 109 Å². The van der Waals surface area contributed by atoms with Crippen molar-refractivity contribution in [1.29, 1.82) is 0 Å². The van der Waals surface area contributed by atoms with Crippen molar-refractivity contribution in [2.45, 2.75) is 58.8 Å². The van der Waals surface area contributed by atoms with Crippen LogP contribution in [0.3, 0.4) is 0 Å². The molecule has 0 aliphatic carbocycles. The predicted octanol–water partition coefficient (Wildman–Crippen LogP) is 5.89. The molecule has 0 aromatic heterocycles. The van der Waals surface area contributed by atoms with Crippen molar-refractivity contribution in [2.24, 2.45) is 0 Å². The first-order valence-corrected chi connectivity index (χ1v) is 17.1.